The van der Waals surface area contributed by atoms with Gasteiger partial charge in [-0.2, -0.15) is 8.78 Å². The summed E-state index contributed by atoms with van der Waals surface area (Å²) in [4.78, 5) is 11.7. The molecule has 1 N–H and O–H groups in total. The van der Waals surface area contributed by atoms with Gasteiger partial charge >= 0.3 is 5.92 Å². The predicted octanol–water partition coefficient (Wildman–Crippen LogP) is 2.64. The van der Waals surface area contributed by atoms with Crippen molar-refractivity contribution in [3.8, 4) is 0 Å². The Bertz CT molecular complexity index is 531. The average Bonchev–Trinajstić information content (AvgIpc) is 2.46. The lowest BCUT2D eigenvalue weighted by Gasteiger charge is -2.16. The Morgan fingerprint density at radius 2 is 2.00 bits per heavy atom. The highest BCUT2D eigenvalue weighted by Crippen LogP contribution is 2.25. The van der Waals surface area contributed by atoms with E-state index in [4.69, 9.17) is 0 Å². The SMILES string of the molecule is CCc1ccnc(NCC(F)(F)c2ccccn2)n1. The zero-order chi connectivity index (χ0) is 13.7. The molecule has 2 rings (SSSR count). The molecule has 0 fully saturated rings. The lowest BCUT2D eigenvalue weighted by Crippen LogP contribution is -2.26. The summed E-state index contributed by atoms with van der Waals surface area (Å²) in [7, 11) is 0. The van der Waals surface area contributed by atoms with Gasteiger partial charge in [0.2, 0.25) is 5.95 Å². The first-order chi connectivity index (χ1) is 9.12. The van der Waals surface area contributed by atoms with Crippen LogP contribution in [0, 0.1) is 0 Å². The summed E-state index contributed by atoms with van der Waals surface area (Å²) in [5, 5.41) is 2.55. The van der Waals surface area contributed by atoms with Gasteiger partial charge in [0.1, 0.15) is 5.69 Å². The molecule has 0 aliphatic carbocycles. The van der Waals surface area contributed by atoms with Gasteiger partial charge in [-0.15, -0.1) is 0 Å². The van der Waals surface area contributed by atoms with E-state index < -0.39 is 12.5 Å². The highest BCUT2D eigenvalue weighted by atomic mass is 19.3. The molecule has 0 aliphatic heterocycles. The molecular formula is C13H14F2N4. The molecule has 0 aliphatic rings. The first kappa shape index (κ1) is 13.3. The Morgan fingerprint density at radius 1 is 1.16 bits per heavy atom. The fourth-order valence-electron chi connectivity index (χ4n) is 1.54. The summed E-state index contributed by atoms with van der Waals surface area (Å²) in [6, 6.07) is 6.18. The average molecular weight is 264 g/mol. The second kappa shape index (κ2) is 5.69. The smallest absolute Gasteiger partial charge is 0.306 e. The van der Waals surface area contributed by atoms with Crippen LogP contribution in [0.15, 0.2) is 36.7 Å². The van der Waals surface area contributed by atoms with Crippen molar-refractivity contribution in [2.45, 2.75) is 19.3 Å². The van der Waals surface area contributed by atoms with Crippen LogP contribution in [0.5, 0.6) is 0 Å². The number of aryl methyl sites for hydroxylation is 1. The lowest BCUT2D eigenvalue weighted by atomic mass is 10.2. The zero-order valence-corrected chi connectivity index (χ0v) is 10.5. The fraction of sp³-hybridized carbons (Fsp3) is 0.308. The minimum atomic E-state index is -3.06. The molecule has 0 aromatic carbocycles. The monoisotopic (exact) mass is 264 g/mol. The molecule has 0 saturated carbocycles. The number of hydrogen-bond acceptors (Lipinski definition) is 4. The molecule has 2 aromatic heterocycles. The summed E-state index contributed by atoms with van der Waals surface area (Å²) in [5.74, 6) is -2.86. The topological polar surface area (TPSA) is 50.7 Å². The van der Waals surface area contributed by atoms with E-state index in [1.54, 1.807) is 18.3 Å². The number of pyridine rings is 1. The molecule has 0 bridgehead atoms. The number of anilines is 1. The number of rotatable bonds is 5. The molecule has 2 heterocycles. The summed E-state index contributed by atoms with van der Waals surface area (Å²) < 4.78 is 27.7. The van der Waals surface area contributed by atoms with E-state index in [9.17, 15) is 8.78 Å². The van der Waals surface area contributed by atoms with Crippen molar-refractivity contribution < 1.29 is 8.78 Å². The van der Waals surface area contributed by atoms with Crippen LogP contribution in [0.3, 0.4) is 0 Å². The van der Waals surface area contributed by atoms with E-state index in [0.717, 1.165) is 12.1 Å². The van der Waals surface area contributed by atoms with Crippen LogP contribution in [-0.2, 0) is 12.3 Å². The maximum atomic E-state index is 13.8. The fourth-order valence-corrected chi connectivity index (χ4v) is 1.54. The third-order valence-electron chi connectivity index (χ3n) is 2.58. The van der Waals surface area contributed by atoms with Gasteiger partial charge in [-0.05, 0) is 24.6 Å². The van der Waals surface area contributed by atoms with Crippen molar-refractivity contribution in [1.82, 2.24) is 15.0 Å². The molecule has 19 heavy (non-hydrogen) atoms. The van der Waals surface area contributed by atoms with Crippen LogP contribution in [0.1, 0.15) is 18.3 Å². The second-order valence-electron chi connectivity index (χ2n) is 4.00. The number of hydrogen-bond donors (Lipinski definition) is 1. The van der Waals surface area contributed by atoms with Crippen molar-refractivity contribution in [2.75, 3.05) is 11.9 Å². The highest BCUT2D eigenvalue weighted by molar-refractivity contribution is 5.26. The molecule has 6 heteroatoms. The van der Waals surface area contributed by atoms with Crippen LogP contribution in [0.4, 0.5) is 14.7 Å². The first-order valence-electron chi connectivity index (χ1n) is 5.97. The van der Waals surface area contributed by atoms with Gasteiger partial charge in [0.25, 0.3) is 0 Å². The molecule has 0 unspecified atom stereocenters. The van der Waals surface area contributed by atoms with Crippen molar-refractivity contribution in [3.05, 3.63) is 48.0 Å². The van der Waals surface area contributed by atoms with Gasteiger partial charge in [0.15, 0.2) is 0 Å². The standard InChI is InChI=1S/C13H14F2N4/c1-2-10-6-8-17-12(19-10)18-9-13(14,15)11-5-3-4-7-16-11/h3-8H,2,9H2,1H3,(H,17,18,19). The van der Waals surface area contributed by atoms with E-state index in [2.05, 4.69) is 20.3 Å². The van der Waals surface area contributed by atoms with Crippen LogP contribution in [-0.4, -0.2) is 21.5 Å². The number of halogens is 2. The van der Waals surface area contributed by atoms with E-state index in [1.807, 2.05) is 6.92 Å². The first-order valence-corrected chi connectivity index (χ1v) is 5.97. The van der Waals surface area contributed by atoms with Gasteiger partial charge in [-0.25, -0.2) is 9.97 Å². The van der Waals surface area contributed by atoms with Crippen LogP contribution >= 0.6 is 0 Å². The largest absolute Gasteiger partial charge is 0.348 e. The van der Waals surface area contributed by atoms with Crippen LogP contribution < -0.4 is 5.32 Å². The minimum Gasteiger partial charge on any atom is -0.348 e. The van der Waals surface area contributed by atoms with Gasteiger partial charge in [-0.1, -0.05) is 13.0 Å². The third kappa shape index (κ3) is 3.43. The Labute approximate surface area is 109 Å². The molecule has 0 atom stereocenters. The number of alkyl halides is 2. The molecule has 4 nitrogen and oxygen atoms in total. The number of nitrogens with one attached hydrogen (secondary N) is 1. The maximum absolute atomic E-state index is 13.8. The van der Waals surface area contributed by atoms with E-state index in [-0.39, 0.29) is 11.6 Å². The molecule has 100 valence electrons. The van der Waals surface area contributed by atoms with Crippen molar-refractivity contribution in [1.29, 1.82) is 0 Å². The Morgan fingerprint density at radius 3 is 2.68 bits per heavy atom. The molecule has 0 saturated heterocycles. The van der Waals surface area contributed by atoms with Gasteiger partial charge in [0.05, 0.1) is 6.54 Å². The van der Waals surface area contributed by atoms with Gasteiger partial charge < -0.3 is 5.32 Å². The summed E-state index contributed by atoms with van der Waals surface area (Å²) in [6.07, 6.45) is 3.62. The summed E-state index contributed by atoms with van der Waals surface area (Å²) in [5.41, 5.74) is 0.535. The number of aromatic nitrogens is 3. The minimum absolute atomic E-state index is 0.204. The predicted molar refractivity (Wildman–Crippen MR) is 68.0 cm³/mol. The summed E-state index contributed by atoms with van der Waals surface area (Å²) in [6.45, 7) is 1.35. The maximum Gasteiger partial charge on any atom is 0.306 e. The second-order valence-corrected chi connectivity index (χ2v) is 4.00. The number of nitrogens with zero attached hydrogens (tertiary/aromatic N) is 3. The normalized spacial score (nSPS) is 11.3. The Hall–Kier alpha value is -2.11. The molecular weight excluding hydrogens is 250 g/mol. The highest BCUT2D eigenvalue weighted by Gasteiger charge is 2.32. The zero-order valence-electron chi connectivity index (χ0n) is 10.5. The third-order valence-corrected chi connectivity index (χ3v) is 2.58. The van der Waals surface area contributed by atoms with Crippen LogP contribution in [0.25, 0.3) is 0 Å². The van der Waals surface area contributed by atoms with Crippen molar-refractivity contribution in [2.24, 2.45) is 0 Å². The van der Waals surface area contributed by atoms with E-state index in [1.165, 1.54) is 18.3 Å². The van der Waals surface area contributed by atoms with E-state index >= 15 is 0 Å². The molecule has 2 aromatic rings. The van der Waals surface area contributed by atoms with E-state index in [0.29, 0.717) is 0 Å². The van der Waals surface area contributed by atoms with Crippen molar-refractivity contribution in [3.63, 3.8) is 0 Å². The van der Waals surface area contributed by atoms with Gasteiger partial charge in [0, 0.05) is 18.1 Å². The lowest BCUT2D eigenvalue weighted by molar-refractivity contribution is 0.00582. The summed E-state index contributed by atoms with van der Waals surface area (Å²) >= 11 is 0. The molecule has 0 amide bonds. The molecule has 0 spiro atoms. The van der Waals surface area contributed by atoms with Gasteiger partial charge in [-0.3, -0.25) is 4.98 Å². The Balaban J connectivity index is 2.05. The quantitative estimate of drug-likeness (QED) is 0.902. The molecule has 0 radical (unpaired) electrons. The van der Waals surface area contributed by atoms with Crippen LogP contribution in [0.2, 0.25) is 0 Å². The Kier molecular flexibility index (Phi) is 3.99. The van der Waals surface area contributed by atoms with Crippen molar-refractivity contribution >= 4 is 5.95 Å².